The molecule has 0 aliphatic rings. The zero-order valence-electron chi connectivity index (χ0n) is 18.8. The summed E-state index contributed by atoms with van der Waals surface area (Å²) in [6, 6.07) is 0. The predicted octanol–water partition coefficient (Wildman–Crippen LogP) is 8.22. The Labute approximate surface area is 161 Å². The van der Waals surface area contributed by atoms with E-state index in [1.807, 2.05) is 0 Å². The fourth-order valence-electron chi connectivity index (χ4n) is 4.07. The molecule has 0 radical (unpaired) electrons. The zero-order valence-corrected chi connectivity index (χ0v) is 18.8. The van der Waals surface area contributed by atoms with Gasteiger partial charge in [0.2, 0.25) is 0 Å². The van der Waals surface area contributed by atoms with Gasteiger partial charge >= 0.3 is 0 Å². The first-order valence-electron chi connectivity index (χ1n) is 11.7. The van der Waals surface area contributed by atoms with Gasteiger partial charge in [0.1, 0.15) is 0 Å². The van der Waals surface area contributed by atoms with E-state index in [0.29, 0.717) is 5.54 Å². The topological polar surface area (TPSA) is 3.24 Å². The summed E-state index contributed by atoms with van der Waals surface area (Å²) in [5.74, 6) is 0.804. The van der Waals surface area contributed by atoms with Crippen molar-refractivity contribution in [2.45, 2.75) is 136 Å². The van der Waals surface area contributed by atoms with E-state index < -0.39 is 0 Å². The summed E-state index contributed by atoms with van der Waals surface area (Å²) < 4.78 is 0. The van der Waals surface area contributed by atoms with Gasteiger partial charge in [-0.3, -0.25) is 0 Å². The van der Waals surface area contributed by atoms with Crippen molar-refractivity contribution < 1.29 is 0 Å². The largest absolute Gasteiger partial charge is 0.304 e. The quantitative estimate of drug-likeness (QED) is 0.224. The molecule has 2 unspecified atom stereocenters. The van der Waals surface area contributed by atoms with Crippen LogP contribution >= 0.6 is 0 Å². The van der Waals surface area contributed by atoms with Gasteiger partial charge in [0, 0.05) is 5.54 Å². The van der Waals surface area contributed by atoms with E-state index in [4.69, 9.17) is 0 Å². The monoisotopic (exact) mass is 353 g/mol. The highest BCUT2D eigenvalue weighted by Gasteiger charge is 2.32. The average Bonchev–Trinajstić information content (AvgIpc) is 2.59. The first-order chi connectivity index (χ1) is 12.0. The fraction of sp³-hybridized carbons (Fsp3) is 1.00. The van der Waals surface area contributed by atoms with Crippen molar-refractivity contribution >= 4 is 0 Å². The summed E-state index contributed by atoms with van der Waals surface area (Å²) in [5.41, 5.74) is 0.381. The van der Waals surface area contributed by atoms with Crippen LogP contribution in [0.3, 0.4) is 0 Å². The highest BCUT2D eigenvalue weighted by Crippen LogP contribution is 2.32. The molecule has 0 aliphatic carbocycles. The minimum atomic E-state index is 0.381. The van der Waals surface area contributed by atoms with E-state index in [1.165, 1.54) is 103 Å². The van der Waals surface area contributed by atoms with Crippen LogP contribution in [0.15, 0.2) is 0 Å². The molecular weight excluding hydrogens is 302 g/mol. The Bertz CT molecular complexity index is 273. The van der Waals surface area contributed by atoms with E-state index in [9.17, 15) is 0 Å². The van der Waals surface area contributed by atoms with Crippen molar-refractivity contribution in [3.05, 3.63) is 0 Å². The summed E-state index contributed by atoms with van der Waals surface area (Å²) in [5, 5.41) is 0. The van der Waals surface area contributed by atoms with Crippen molar-refractivity contribution in [3.63, 3.8) is 0 Å². The van der Waals surface area contributed by atoms with Crippen molar-refractivity contribution in [2.24, 2.45) is 5.92 Å². The van der Waals surface area contributed by atoms with E-state index in [-0.39, 0.29) is 0 Å². The summed E-state index contributed by atoms with van der Waals surface area (Å²) in [6.45, 7) is 9.61. The van der Waals surface area contributed by atoms with Gasteiger partial charge in [0.25, 0.3) is 0 Å². The average molecular weight is 354 g/mol. The smallest absolute Gasteiger partial charge is 0.0200 e. The first kappa shape index (κ1) is 25.0. The van der Waals surface area contributed by atoms with Gasteiger partial charge in [-0.15, -0.1) is 0 Å². The first-order valence-corrected chi connectivity index (χ1v) is 11.7. The van der Waals surface area contributed by atoms with Gasteiger partial charge < -0.3 is 4.90 Å². The molecule has 152 valence electrons. The lowest BCUT2D eigenvalue weighted by Gasteiger charge is -2.42. The van der Waals surface area contributed by atoms with Crippen molar-refractivity contribution in [2.75, 3.05) is 14.1 Å². The summed E-state index contributed by atoms with van der Waals surface area (Å²) >= 11 is 0. The molecule has 0 rings (SSSR count). The third-order valence-corrected chi connectivity index (χ3v) is 6.61. The lowest BCUT2D eigenvalue weighted by Crippen LogP contribution is -2.46. The van der Waals surface area contributed by atoms with Crippen LogP contribution in [0.25, 0.3) is 0 Å². The second-order valence-electron chi connectivity index (χ2n) is 8.93. The van der Waals surface area contributed by atoms with Crippen LogP contribution in [0, 0.1) is 5.92 Å². The van der Waals surface area contributed by atoms with Crippen molar-refractivity contribution in [1.82, 2.24) is 4.90 Å². The fourth-order valence-corrected chi connectivity index (χ4v) is 4.07. The highest BCUT2D eigenvalue weighted by atomic mass is 15.1. The van der Waals surface area contributed by atoms with E-state index in [1.54, 1.807) is 0 Å². The second-order valence-corrected chi connectivity index (χ2v) is 8.93. The molecule has 0 aromatic carbocycles. The summed E-state index contributed by atoms with van der Waals surface area (Å²) in [7, 11) is 4.59. The third kappa shape index (κ3) is 12.1. The van der Waals surface area contributed by atoms with E-state index >= 15 is 0 Å². The van der Waals surface area contributed by atoms with Gasteiger partial charge in [0.15, 0.2) is 0 Å². The van der Waals surface area contributed by atoms with E-state index in [2.05, 4.69) is 46.7 Å². The van der Waals surface area contributed by atoms with Crippen LogP contribution in [0.2, 0.25) is 0 Å². The van der Waals surface area contributed by atoms with Crippen molar-refractivity contribution in [1.29, 1.82) is 0 Å². The minimum Gasteiger partial charge on any atom is -0.304 e. The van der Waals surface area contributed by atoms with Gasteiger partial charge in [-0.05, 0) is 39.8 Å². The molecule has 2 atom stereocenters. The molecular formula is C24H51N. The standard InChI is InChI=1S/C24H51N/c1-7-9-11-13-15-16-18-20-22-24(4,25(5)6)23(3)21-19-17-14-12-10-8-2/h23H,7-22H2,1-6H3. The SMILES string of the molecule is CCCCCCCCCCC(C)(C(C)CCCCCCCC)N(C)C. The molecule has 0 aromatic rings. The number of hydrogen-bond donors (Lipinski definition) is 0. The summed E-state index contributed by atoms with van der Waals surface area (Å²) in [4.78, 5) is 2.51. The lowest BCUT2D eigenvalue weighted by atomic mass is 9.78. The lowest BCUT2D eigenvalue weighted by molar-refractivity contribution is 0.0851. The number of nitrogens with zero attached hydrogens (tertiary/aromatic N) is 1. The second kappa shape index (κ2) is 16.2. The third-order valence-electron chi connectivity index (χ3n) is 6.61. The van der Waals surface area contributed by atoms with Crippen LogP contribution < -0.4 is 0 Å². The highest BCUT2D eigenvalue weighted by molar-refractivity contribution is 4.88. The molecule has 0 saturated heterocycles. The van der Waals surface area contributed by atoms with Crippen LogP contribution in [0.1, 0.15) is 130 Å². The zero-order chi connectivity index (χ0) is 19.0. The van der Waals surface area contributed by atoms with Gasteiger partial charge in [-0.2, -0.15) is 0 Å². The molecule has 0 fully saturated rings. The van der Waals surface area contributed by atoms with Crippen molar-refractivity contribution in [3.8, 4) is 0 Å². The van der Waals surface area contributed by atoms with Crippen LogP contribution in [0.4, 0.5) is 0 Å². The molecule has 0 aromatic heterocycles. The molecule has 0 bridgehead atoms. The molecule has 0 N–H and O–H groups in total. The maximum absolute atomic E-state index is 2.51. The predicted molar refractivity (Wildman–Crippen MR) is 116 cm³/mol. The molecule has 0 amide bonds. The summed E-state index contributed by atoms with van der Waals surface area (Å²) in [6.07, 6.45) is 22.7. The van der Waals surface area contributed by atoms with Crippen LogP contribution in [-0.2, 0) is 0 Å². The minimum absolute atomic E-state index is 0.381. The Hall–Kier alpha value is -0.0400. The molecule has 0 aliphatic heterocycles. The molecule has 25 heavy (non-hydrogen) atoms. The van der Waals surface area contributed by atoms with Crippen LogP contribution in [-0.4, -0.2) is 24.5 Å². The number of rotatable bonds is 18. The van der Waals surface area contributed by atoms with Crippen LogP contribution in [0.5, 0.6) is 0 Å². The molecule has 1 heteroatoms. The van der Waals surface area contributed by atoms with Gasteiger partial charge in [-0.25, -0.2) is 0 Å². The van der Waals surface area contributed by atoms with Gasteiger partial charge in [0.05, 0.1) is 0 Å². The maximum Gasteiger partial charge on any atom is 0.0200 e. The normalized spacial score (nSPS) is 15.5. The Morgan fingerprint density at radius 1 is 0.640 bits per heavy atom. The molecule has 0 heterocycles. The number of unbranched alkanes of at least 4 members (excludes halogenated alkanes) is 12. The molecule has 0 spiro atoms. The molecule has 1 nitrogen and oxygen atoms in total. The van der Waals surface area contributed by atoms with E-state index in [0.717, 1.165) is 5.92 Å². The Morgan fingerprint density at radius 2 is 1.04 bits per heavy atom. The Balaban J connectivity index is 3.96. The Morgan fingerprint density at radius 3 is 1.48 bits per heavy atom. The maximum atomic E-state index is 2.51. The molecule has 0 saturated carbocycles. The van der Waals surface area contributed by atoms with Gasteiger partial charge in [-0.1, -0.05) is 111 Å². The number of hydrogen-bond acceptors (Lipinski definition) is 1. The Kier molecular flexibility index (Phi) is 16.1.